The fraction of sp³-hybridized carbons (Fsp3) is 0.182. The largest absolute Gasteiger partial charge is 0.478 e. The molecular formula is C11H10Br2O2. The molecule has 1 rings (SSSR count). The zero-order chi connectivity index (χ0) is 11.3. The maximum atomic E-state index is 10.7. The average Bonchev–Trinajstić information content (AvgIpc) is 2.20. The van der Waals surface area contributed by atoms with Crippen molar-refractivity contribution in [3.63, 3.8) is 0 Å². The third kappa shape index (κ3) is 3.80. The van der Waals surface area contributed by atoms with E-state index in [9.17, 15) is 4.79 Å². The molecule has 0 aromatic heterocycles. The minimum atomic E-state index is -0.910. The van der Waals surface area contributed by atoms with Crippen LogP contribution in [0.25, 0.3) is 6.08 Å². The van der Waals surface area contributed by atoms with E-state index in [2.05, 4.69) is 31.9 Å². The Labute approximate surface area is 105 Å². The summed E-state index contributed by atoms with van der Waals surface area (Å²) < 4.78 is 0.799. The standard InChI is InChI=1S/C11H10Br2O2/c12-6-2-1-3-8-4-5-9(11(14)15)7-10(8)13/h1,3-5,7H,2,6H2,(H,14,15). The van der Waals surface area contributed by atoms with Crippen molar-refractivity contribution in [3.05, 3.63) is 39.9 Å². The molecule has 0 aliphatic rings. The van der Waals surface area contributed by atoms with Crippen molar-refractivity contribution < 1.29 is 9.90 Å². The van der Waals surface area contributed by atoms with Gasteiger partial charge in [-0.1, -0.05) is 50.1 Å². The Balaban J connectivity index is 2.88. The van der Waals surface area contributed by atoms with Crippen LogP contribution >= 0.6 is 31.9 Å². The molecule has 0 saturated carbocycles. The van der Waals surface area contributed by atoms with Gasteiger partial charge in [-0.15, -0.1) is 0 Å². The van der Waals surface area contributed by atoms with Crippen LogP contribution in [0.3, 0.4) is 0 Å². The van der Waals surface area contributed by atoms with Crippen LogP contribution in [-0.2, 0) is 0 Å². The summed E-state index contributed by atoms with van der Waals surface area (Å²) in [6.07, 6.45) is 4.96. The van der Waals surface area contributed by atoms with Gasteiger partial charge in [0.2, 0.25) is 0 Å². The molecule has 0 saturated heterocycles. The molecule has 1 aromatic carbocycles. The fourth-order valence-corrected chi connectivity index (χ4v) is 1.84. The average molecular weight is 334 g/mol. The first kappa shape index (κ1) is 12.5. The Morgan fingerprint density at radius 3 is 2.73 bits per heavy atom. The molecule has 1 aromatic rings. The highest BCUT2D eigenvalue weighted by Crippen LogP contribution is 2.20. The van der Waals surface area contributed by atoms with Gasteiger partial charge in [-0.05, 0) is 24.1 Å². The SMILES string of the molecule is O=C(O)c1ccc(C=CCCBr)c(Br)c1. The molecule has 0 heterocycles. The van der Waals surface area contributed by atoms with Crippen LogP contribution in [0.1, 0.15) is 22.3 Å². The number of benzene rings is 1. The third-order valence-corrected chi connectivity index (χ3v) is 2.97. The predicted octanol–water partition coefficient (Wildman–Crippen LogP) is 3.95. The summed E-state index contributed by atoms with van der Waals surface area (Å²) in [7, 11) is 0. The van der Waals surface area contributed by atoms with Crippen molar-refractivity contribution in [1.82, 2.24) is 0 Å². The first-order valence-electron chi connectivity index (χ1n) is 4.40. The lowest BCUT2D eigenvalue weighted by molar-refractivity contribution is 0.0697. The normalized spacial score (nSPS) is 10.8. The Morgan fingerprint density at radius 1 is 1.47 bits per heavy atom. The van der Waals surface area contributed by atoms with Crippen LogP contribution in [0.15, 0.2) is 28.7 Å². The Hall–Kier alpha value is -0.610. The highest BCUT2D eigenvalue weighted by atomic mass is 79.9. The van der Waals surface area contributed by atoms with Crippen LogP contribution in [-0.4, -0.2) is 16.4 Å². The molecule has 0 unspecified atom stereocenters. The molecule has 0 fully saturated rings. The van der Waals surface area contributed by atoms with E-state index in [0.29, 0.717) is 5.56 Å². The van der Waals surface area contributed by atoms with Gasteiger partial charge in [0.15, 0.2) is 0 Å². The number of hydrogen-bond acceptors (Lipinski definition) is 1. The number of carboxylic acids is 1. The van der Waals surface area contributed by atoms with Gasteiger partial charge in [0.25, 0.3) is 0 Å². The fourth-order valence-electron chi connectivity index (χ4n) is 1.07. The molecule has 0 atom stereocenters. The first-order chi connectivity index (χ1) is 7.15. The van der Waals surface area contributed by atoms with Crippen molar-refractivity contribution >= 4 is 43.9 Å². The van der Waals surface area contributed by atoms with Gasteiger partial charge in [0.05, 0.1) is 5.56 Å². The molecule has 4 heteroatoms. The lowest BCUT2D eigenvalue weighted by atomic mass is 10.1. The Morgan fingerprint density at radius 2 is 2.20 bits per heavy atom. The van der Waals surface area contributed by atoms with E-state index in [-0.39, 0.29) is 0 Å². The van der Waals surface area contributed by atoms with Gasteiger partial charge in [0, 0.05) is 9.80 Å². The molecular weight excluding hydrogens is 324 g/mol. The van der Waals surface area contributed by atoms with Gasteiger partial charge in [-0.2, -0.15) is 0 Å². The van der Waals surface area contributed by atoms with Crippen molar-refractivity contribution in [2.24, 2.45) is 0 Å². The zero-order valence-electron chi connectivity index (χ0n) is 7.91. The van der Waals surface area contributed by atoms with Crippen LogP contribution in [0.2, 0.25) is 0 Å². The summed E-state index contributed by atoms with van der Waals surface area (Å²) in [5, 5.41) is 9.69. The van der Waals surface area contributed by atoms with E-state index in [1.54, 1.807) is 18.2 Å². The number of alkyl halides is 1. The summed E-state index contributed by atoms with van der Waals surface area (Å²) in [6, 6.07) is 5.00. The second kappa shape index (κ2) is 6.08. The van der Waals surface area contributed by atoms with Gasteiger partial charge in [-0.3, -0.25) is 0 Å². The zero-order valence-corrected chi connectivity index (χ0v) is 11.1. The van der Waals surface area contributed by atoms with Gasteiger partial charge >= 0.3 is 5.97 Å². The number of aromatic carboxylic acids is 1. The van der Waals surface area contributed by atoms with Crippen molar-refractivity contribution in [2.75, 3.05) is 5.33 Å². The quantitative estimate of drug-likeness (QED) is 0.847. The van der Waals surface area contributed by atoms with E-state index < -0.39 is 5.97 Å². The molecule has 0 radical (unpaired) electrons. The van der Waals surface area contributed by atoms with Crippen LogP contribution in [0, 0.1) is 0 Å². The van der Waals surface area contributed by atoms with E-state index in [1.165, 1.54) is 0 Å². The molecule has 80 valence electrons. The maximum absolute atomic E-state index is 10.7. The number of hydrogen-bond donors (Lipinski definition) is 1. The van der Waals surface area contributed by atoms with Crippen LogP contribution in [0.5, 0.6) is 0 Å². The van der Waals surface area contributed by atoms with E-state index in [1.807, 2.05) is 12.2 Å². The summed E-state index contributed by atoms with van der Waals surface area (Å²) in [5.41, 5.74) is 1.28. The molecule has 1 N–H and O–H groups in total. The number of carbonyl (C=O) groups is 1. The summed E-state index contributed by atoms with van der Waals surface area (Å²) in [4.78, 5) is 10.7. The van der Waals surface area contributed by atoms with Crippen molar-refractivity contribution in [2.45, 2.75) is 6.42 Å². The molecule has 2 nitrogen and oxygen atoms in total. The lowest BCUT2D eigenvalue weighted by Gasteiger charge is -2.00. The smallest absolute Gasteiger partial charge is 0.335 e. The maximum Gasteiger partial charge on any atom is 0.335 e. The van der Waals surface area contributed by atoms with Crippen LogP contribution in [0.4, 0.5) is 0 Å². The highest BCUT2D eigenvalue weighted by molar-refractivity contribution is 9.10. The topological polar surface area (TPSA) is 37.3 Å². The number of rotatable bonds is 4. The molecule has 0 aliphatic carbocycles. The Kier molecular flexibility index (Phi) is 5.05. The summed E-state index contributed by atoms with van der Waals surface area (Å²) in [6.45, 7) is 0. The summed E-state index contributed by atoms with van der Waals surface area (Å²) in [5.74, 6) is -0.910. The van der Waals surface area contributed by atoms with E-state index >= 15 is 0 Å². The monoisotopic (exact) mass is 332 g/mol. The lowest BCUT2D eigenvalue weighted by Crippen LogP contribution is -1.95. The van der Waals surface area contributed by atoms with Gasteiger partial charge < -0.3 is 5.11 Å². The van der Waals surface area contributed by atoms with Gasteiger partial charge in [-0.25, -0.2) is 4.79 Å². The van der Waals surface area contributed by atoms with E-state index in [4.69, 9.17) is 5.11 Å². The third-order valence-electron chi connectivity index (χ3n) is 1.82. The first-order valence-corrected chi connectivity index (χ1v) is 6.32. The summed E-state index contributed by atoms with van der Waals surface area (Å²) >= 11 is 6.67. The van der Waals surface area contributed by atoms with Crippen molar-refractivity contribution in [3.8, 4) is 0 Å². The molecule has 0 spiro atoms. The second-order valence-electron chi connectivity index (χ2n) is 2.92. The highest BCUT2D eigenvalue weighted by Gasteiger charge is 2.04. The van der Waals surface area contributed by atoms with Crippen molar-refractivity contribution in [1.29, 1.82) is 0 Å². The number of allylic oxidation sites excluding steroid dienone is 1. The van der Waals surface area contributed by atoms with Crippen LogP contribution < -0.4 is 0 Å². The van der Waals surface area contributed by atoms with Gasteiger partial charge in [0.1, 0.15) is 0 Å². The number of halogens is 2. The molecule has 0 amide bonds. The minimum Gasteiger partial charge on any atom is -0.478 e. The molecule has 0 aliphatic heterocycles. The molecule has 15 heavy (non-hydrogen) atoms. The predicted molar refractivity (Wildman–Crippen MR) is 68.5 cm³/mol. The number of carboxylic acid groups (broad SMARTS) is 1. The Bertz CT molecular complexity index is 386. The second-order valence-corrected chi connectivity index (χ2v) is 4.57. The minimum absolute atomic E-state index is 0.291. The van der Waals surface area contributed by atoms with E-state index in [0.717, 1.165) is 21.8 Å². The molecule has 0 bridgehead atoms.